The highest BCUT2D eigenvalue weighted by Crippen LogP contribution is 2.40. The molecule has 0 bridgehead atoms. The molecule has 1 fully saturated rings. The molecule has 1 saturated heterocycles. The van der Waals surface area contributed by atoms with E-state index in [4.69, 9.17) is 23.8 Å². The molecule has 29 heavy (non-hydrogen) atoms. The van der Waals surface area contributed by atoms with E-state index in [9.17, 15) is 9.59 Å². The normalized spacial score (nSPS) is 21.7. The van der Waals surface area contributed by atoms with Gasteiger partial charge in [-0.3, -0.25) is 9.59 Å². The number of hydrogen-bond acceptors (Lipinski definition) is 8. The molecule has 2 atom stereocenters. The van der Waals surface area contributed by atoms with E-state index in [1.165, 1.54) is 14.2 Å². The maximum Gasteiger partial charge on any atom is 0.278 e. The highest BCUT2D eigenvalue weighted by molar-refractivity contribution is 6.32. The van der Waals surface area contributed by atoms with Gasteiger partial charge in [-0.25, -0.2) is 4.90 Å². The summed E-state index contributed by atoms with van der Waals surface area (Å²) < 4.78 is 21.2. The van der Waals surface area contributed by atoms with Crippen molar-refractivity contribution in [2.24, 2.45) is 11.1 Å². The van der Waals surface area contributed by atoms with Gasteiger partial charge in [0.25, 0.3) is 5.91 Å². The lowest BCUT2D eigenvalue weighted by Gasteiger charge is -2.16. The lowest BCUT2D eigenvalue weighted by atomic mass is 9.94. The lowest BCUT2D eigenvalue weighted by Crippen LogP contribution is -2.33. The Kier molecular flexibility index (Phi) is 3.83. The van der Waals surface area contributed by atoms with Crippen LogP contribution in [0.25, 0.3) is 0 Å². The van der Waals surface area contributed by atoms with E-state index in [1.807, 2.05) is 0 Å². The van der Waals surface area contributed by atoms with Crippen molar-refractivity contribution in [3.63, 3.8) is 0 Å². The molecular formula is C20H16N2O7. The number of carbonyl (C=O) groups excluding carboxylic acids is 2. The zero-order chi connectivity index (χ0) is 20.1. The van der Waals surface area contributed by atoms with Crippen molar-refractivity contribution in [3.05, 3.63) is 42.0 Å². The number of imide groups is 1. The molecule has 0 N–H and O–H groups in total. The molecule has 0 aliphatic carbocycles. The monoisotopic (exact) mass is 396 g/mol. The maximum absolute atomic E-state index is 13.2. The second-order valence-corrected chi connectivity index (χ2v) is 6.60. The molecule has 0 saturated carbocycles. The number of ether oxygens (including phenoxy) is 4. The summed E-state index contributed by atoms with van der Waals surface area (Å²) >= 11 is 0. The molecule has 5 rings (SSSR count). The third-order valence-corrected chi connectivity index (χ3v) is 5.11. The van der Waals surface area contributed by atoms with E-state index in [0.29, 0.717) is 40.0 Å². The van der Waals surface area contributed by atoms with Crippen molar-refractivity contribution in [3.8, 4) is 23.0 Å². The molecule has 3 aliphatic heterocycles. The van der Waals surface area contributed by atoms with Crippen LogP contribution < -0.4 is 23.8 Å². The van der Waals surface area contributed by atoms with Gasteiger partial charge in [-0.05, 0) is 30.3 Å². The first-order valence-corrected chi connectivity index (χ1v) is 8.86. The van der Waals surface area contributed by atoms with Crippen LogP contribution in [-0.4, -0.2) is 44.6 Å². The van der Waals surface area contributed by atoms with Gasteiger partial charge >= 0.3 is 0 Å². The Bertz CT molecular complexity index is 1060. The van der Waals surface area contributed by atoms with Crippen molar-refractivity contribution in [2.45, 2.75) is 6.10 Å². The third kappa shape index (κ3) is 2.50. The minimum atomic E-state index is -1.00. The van der Waals surface area contributed by atoms with Gasteiger partial charge in [0.2, 0.25) is 18.8 Å². The van der Waals surface area contributed by atoms with Gasteiger partial charge in [-0.2, -0.15) is 0 Å². The molecule has 148 valence electrons. The number of fused-ring (bicyclic) bond motifs is 2. The fraction of sp³-hybridized carbons (Fsp3) is 0.250. The molecule has 0 spiro atoms. The predicted molar refractivity (Wildman–Crippen MR) is 99.5 cm³/mol. The Morgan fingerprint density at radius 3 is 2.55 bits per heavy atom. The fourth-order valence-electron chi connectivity index (χ4n) is 3.69. The van der Waals surface area contributed by atoms with Gasteiger partial charge < -0.3 is 23.8 Å². The SMILES string of the molecule is COc1ccc(C2=NO[C@H]3C(=O)N(c4ccc5c(c4)OCO5)C(=O)[C@@H]23)cc1OC. The molecule has 9 heteroatoms. The highest BCUT2D eigenvalue weighted by atomic mass is 16.7. The van der Waals surface area contributed by atoms with E-state index in [2.05, 4.69) is 5.16 Å². The summed E-state index contributed by atoms with van der Waals surface area (Å²) in [7, 11) is 3.05. The lowest BCUT2D eigenvalue weighted by molar-refractivity contribution is -0.126. The van der Waals surface area contributed by atoms with E-state index < -0.39 is 23.8 Å². The Hall–Kier alpha value is -3.75. The molecule has 0 radical (unpaired) electrons. The van der Waals surface area contributed by atoms with Crippen molar-refractivity contribution in [2.75, 3.05) is 25.9 Å². The van der Waals surface area contributed by atoms with Crippen LogP contribution >= 0.6 is 0 Å². The first-order valence-electron chi connectivity index (χ1n) is 8.86. The number of carbonyl (C=O) groups is 2. The van der Waals surface area contributed by atoms with Crippen LogP contribution in [0.1, 0.15) is 5.56 Å². The summed E-state index contributed by atoms with van der Waals surface area (Å²) in [4.78, 5) is 32.5. The summed E-state index contributed by atoms with van der Waals surface area (Å²) in [6.07, 6.45) is -1.00. The Morgan fingerprint density at radius 2 is 1.76 bits per heavy atom. The zero-order valence-electron chi connectivity index (χ0n) is 15.6. The van der Waals surface area contributed by atoms with E-state index in [-0.39, 0.29) is 6.79 Å². The molecule has 3 aliphatic rings. The number of benzene rings is 2. The molecule has 0 unspecified atom stereocenters. The van der Waals surface area contributed by atoms with Gasteiger partial charge in [0, 0.05) is 11.6 Å². The number of oxime groups is 1. The smallest absolute Gasteiger partial charge is 0.278 e. The Balaban J connectivity index is 1.49. The first-order chi connectivity index (χ1) is 14.1. The summed E-state index contributed by atoms with van der Waals surface area (Å²) in [6, 6.07) is 10.1. The molecule has 2 aromatic rings. The number of rotatable bonds is 4. The second kappa shape index (κ2) is 6.40. The Morgan fingerprint density at radius 1 is 0.966 bits per heavy atom. The highest BCUT2D eigenvalue weighted by Gasteiger charge is 2.56. The fourth-order valence-corrected chi connectivity index (χ4v) is 3.69. The van der Waals surface area contributed by atoms with Crippen molar-refractivity contribution < 1.29 is 33.4 Å². The van der Waals surface area contributed by atoms with E-state index >= 15 is 0 Å². The topological polar surface area (TPSA) is 95.9 Å². The average molecular weight is 396 g/mol. The second-order valence-electron chi connectivity index (χ2n) is 6.60. The molecule has 9 nitrogen and oxygen atoms in total. The maximum atomic E-state index is 13.2. The molecular weight excluding hydrogens is 380 g/mol. The van der Waals surface area contributed by atoms with Crippen molar-refractivity contribution in [1.82, 2.24) is 0 Å². The number of anilines is 1. The minimum Gasteiger partial charge on any atom is -0.493 e. The summed E-state index contributed by atoms with van der Waals surface area (Å²) in [5, 5.41) is 4.02. The van der Waals surface area contributed by atoms with Crippen molar-refractivity contribution in [1.29, 1.82) is 0 Å². The molecule has 2 aromatic carbocycles. The molecule has 0 aromatic heterocycles. The summed E-state index contributed by atoms with van der Waals surface area (Å²) in [5.74, 6) is 0.351. The van der Waals surface area contributed by atoms with Gasteiger partial charge in [0.1, 0.15) is 11.6 Å². The number of nitrogens with zero attached hydrogens (tertiary/aromatic N) is 2. The number of amides is 2. The number of hydrogen-bond donors (Lipinski definition) is 0. The van der Waals surface area contributed by atoms with Crippen LogP contribution in [0.4, 0.5) is 5.69 Å². The van der Waals surface area contributed by atoms with Crippen LogP contribution in [-0.2, 0) is 14.4 Å². The van der Waals surface area contributed by atoms with Crippen LogP contribution in [0.15, 0.2) is 41.6 Å². The largest absolute Gasteiger partial charge is 0.493 e. The van der Waals surface area contributed by atoms with Gasteiger partial charge in [-0.1, -0.05) is 5.16 Å². The van der Waals surface area contributed by atoms with E-state index in [1.54, 1.807) is 36.4 Å². The predicted octanol–water partition coefficient (Wildman–Crippen LogP) is 1.72. The van der Waals surface area contributed by atoms with Crippen LogP contribution in [0.5, 0.6) is 23.0 Å². The first kappa shape index (κ1) is 17.4. The quantitative estimate of drug-likeness (QED) is 0.726. The Labute approximate surface area is 165 Å². The summed E-state index contributed by atoms with van der Waals surface area (Å²) in [6.45, 7) is 0.102. The molecule has 3 heterocycles. The van der Waals surface area contributed by atoms with Gasteiger partial charge in [0.05, 0.1) is 19.9 Å². The van der Waals surface area contributed by atoms with Crippen LogP contribution in [0, 0.1) is 5.92 Å². The van der Waals surface area contributed by atoms with Gasteiger partial charge in [0.15, 0.2) is 23.0 Å². The molecule has 2 amide bonds. The third-order valence-electron chi connectivity index (χ3n) is 5.11. The van der Waals surface area contributed by atoms with Crippen molar-refractivity contribution >= 4 is 23.2 Å². The standard InChI is InChI=1S/C20H16N2O7/c1-25-12-5-3-10(7-14(12)26-2)17-16-18(29-21-17)20(24)22(19(16)23)11-4-6-13-15(8-11)28-9-27-13/h3-8,16,18H,9H2,1-2H3/t16-,18+/m0/s1. The van der Waals surface area contributed by atoms with Crippen LogP contribution in [0.3, 0.4) is 0 Å². The average Bonchev–Trinajstić information content (AvgIpc) is 3.44. The summed E-state index contributed by atoms with van der Waals surface area (Å²) in [5.41, 5.74) is 1.38. The van der Waals surface area contributed by atoms with E-state index in [0.717, 1.165) is 4.90 Å². The minimum absolute atomic E-state index is 0.102. The number of methoxy groups -OCH3 is 2. The van der Waals surface area contributed by atoms with Gasteiger partial charge in [-0.15, -0.1) is 0 Å². The van der Waals surface area contributed by atoms with Crippen LogP contribution in [0.2, 0.25) is 0 Å². The zero-order valence-corrected chi connectivity index (χ0v) is 15.6.